The molecule has 19 heavy (non-hydrogen) atoms. The predicted molar refractivity (Wildman–Crippen MR) is 70.1 cm³/mol. The lowest BCUT2D eigenvalue weighted by molar-refractivity contribution is 0.159. The Bertz CT molecular complexity index is 554. The Kier molecular flexibility index (Phi) is 3.95. The highest BCUT2D eigenvalue weighted by Crippen LogP contribution is 2.24. The Labute approximate surface area is 113 Å². The average molecular weight is 288 g/mol. The molecule has 7 nitrogen and oxygen atoms in total. The van der Waals surface area contributed by atoms with Crippen molar-refractivity contribution in [3.05, 3.63) is 11.4 Å². The standard InChI is InChI=1S/C11H20N4O3S/c1-8-6-15(5-4-14(8)3)19(17,18)11-9(2)12-13-10(11)7-16/h8,16H,4-7H2,1-3H3,(H,12,13). The number of nitrogens with zero attached hydrogens (tertiary/aromatic N) is 3. The predicted octanol–water partition coefficient (Wildman–Crippen LogP) is -0.465. The number of piperazine rings is 1. The second-order valence-corrected chi connectivity index (χ2v) is 6.85. The quantitative estimate of drug-likeness (QED) is 0.785. The third kappa shape index (κ3) is 2.53. The second kappa shape index (κ2) is 5.20. The molecule has 1 aliphatic rings. The lowest BCUT2D eigenvalue weighted by Crippen LogP contribution is -2.52. The van der Waals surface area contributed by atoms with Gasteiger partial charge in [0.05, 0.1) is 12.3 Å². The molecule has 108 valence electrons. The fraction of sp³-hybridized carbons (Fsp3) is 0.727. The molecule has 2 N–H and O–H groups in total. The number of aromatic nitrogens is 2. The zero-order chi connectivity index (χ0) is 14.2. The number of hydrogen-bond acceptors (Lipinski definition) is 5. The van der Waals surface area contributed by atoms with Crippen molar-refractivity contribution in [1.82, 2.24) is 19.4 Å². The monoisotopic (exact) mass is 288 g/mol. The van der Waals surface area contributed by atoms with Gasteiger partial charge in [-0.15, -0.1) is 0 Å². The van der Waals surface area contributed by atoms with Crippen LogP contribution < -0.4 is 0 Å². The van der Waals surface area contributed by atoms with E-state index in [0.29, 0.717) is 25.3 Å². The van der Waals surface area contributed by atoms with E-state index in [2.05, 4.69) is 15.1 Å². The minimum absolute atomic E-state index is 0.117. The molecule has 1 fully saturated rings. The van der Waals surface area contributed by atoms with E-state index in [4.69, 9.17) is 0 Å². The Morgan fingerprint density at radius 2 is 2.16 bits per heavy atom. The topological polar surface area (TPSA) is 89.5 Å². The number of H-pyrrole nitrogens is 1. The van der Waals surface area contributed by atoms with Gasteiger partial charge in [-0.3, -0.25) is 5.10 Å². The van der Waals surface area contributed by atoms with Crippen molar-refractivity contribution in [2.45, 2.75) is 31.4 Å². The van der Waals surface area contributed by atoms with Crippen molar-refractivity contribution >= 4 is 10.0 Å². The molecule has 0 bridgehead atoms. The maximum atomic E-state index is 12.6. The van der Waals surface area contributed by atoms with Crippen molar-refractivity contribution in [3.8, 4) is 0 Å². The summed E-state index contributed by atoms with van der Waals surface area (Å²) in [5.74, 6) is 0. The van der Waals surface area contributed by atoms with Gasteiger partial charge in [-0.1, -0.05) is 0 Å². The summed E-state index contributed by atoms with van der Waals surface area (Å²) in [6.07, 6.45) is 0. The number of likely N-dealkylation sites (N-methyl/N-ethyl adjacent to an activating group) is 1. The van der Waals surface area contributed by atoms with E-state index >= 15 is 0 Å². The van der Waals surface area contributed by atoms with E-state index in [1.165, 1.54) is 4.31 Å². The molecule has 0 aromatic carbocycles. The zero-order valence-electron chi connectivity index (χ0n) is 11.4. The highest BCUT2D eigenvalue weighted by molar-refractivity contribution is 7.89. The van der Waals surface area contributed by atoms with Crippen molar-refractivity contribution < 1.29 is 13.5 Å². The Balaban J connectivity index is 2.35. The van der Waals surface area contributed by atoms with Crippen molar-refractivity contribution in [1.29, 1.82) is 0 Å². The summed E-state index contributed by atoms with van der Waals surface area (Å²) in [6, 6.07) is 0.174. The molecule has 1 aromatic heterocycles. The van der Waals surface area contributed by atoms with Gasteiger partial charge in [0.15, 0.2) is 0 Å². The van der Waals surface area contributed by atoms with Crippen molar-refractivity contribution in [2.24, 2.45) is 0 Å². The van der Waals surface area contributed by atoms with Gasteiger partial charge < -0.3 is 10.0 Å². The van der Waals surface area contributed by atoms with Crippen LogP contribution in [-0.2, 0) is 16.6 Å². The third-order valence-electron chi connectivity index (χ3n) is 3.63. The Morgan fingerprint density at radius 3 is 2.74 bits per heavy atom. The summed E-state index contributed by atoms with van der Waals surface area (Å²) < 4.78 is 26.7. The van der Waals surface area contributed by atoms with Crippen LogP contribution in [0.25, 0.3) is 0 Å². The fourth-order valence-corrected chi connectivity index (χ4v) is 4.11. The van der Waals surface area contributed by atoms with Gasteiger partial charge in [0.1, 0.15) is 10.6 Å². The van der Waals surface area contributed by atoms with Gasteiger partial charge in [0.2, 0.25) is 10.0 Å². The molecular formula is C11H20N4O3S. The Morgan fingerprint density at radius 1 is 1.47 bits per heavy atom. The highest BCUT2D eigenvalue weighted by atomic mass is 32.2. The van der Waals surface area contributed by atoms with Crippen molar-refractivity contribution in [2.75, 3.05) is 26.7 Å². The maximum Gasteiger partial charge on any atom is 0.246 e. The van der Waals surface area contributed by atoms with Crippen LogP contribution in [-0.4, -0.2) is 65.7 Å². The van der Waals surface area contributed by atoms with E-state index in [1.807, 2.05) is 14.0 Å². The molecule has 2 heterocycles. The van der Waals surface area contributed by atoms with Gasteiger partial charge in [0.25, 0.3) is 0 Å². The largest absolute Gasteiger partial charge is 0.390 e. The Hall–Kier alpha value is -0.960. The number of hydrogen-bond donors (Lipinski definition) is 2. The molecule has 0 spiro atoms. The number of aryl methyl sites for hydroxylation is 1. The second-order valence-electron chi connectivity index (χ2n) is 4.98. The number of aliphatic hydroxyl groups excluding tert-OH is 1. The summed E-state index contributed by atoms with van der Waals surface area (Å²) in [6.45, 7) is 4.87. The van der Waals surface area contributed by atoms with Gasteiger partial charge in [-0.2, -0.15) is 9.40 Å². The van der Waals surface area contributed by atoms with E-state index in [9.17, 15) is 13.5 Å². The summed E-state index contributed by atoms with van der Waals surface area (Å²) in [5, 5.41) is 15.7. The van der Waals surface area contributed by atoms with Crippen LogP contribution in [0.5, 0.6) is 0 Å². The first-order valence-corrected chi connectivity index (χ1v) is 7.67. The lowest BCUT2D eigenvalue weighted by atomic mass is 10.2. The van der Waals surface area contributed by atoms with Gasteiger partial charge >= 0.3 is 0 Å². The van der Waals surface area contributed by atoms with Crippen LogP contribution in [0.2, 0.25) is 0 Å². The van der Waals surface area contributed by atoms with Crippen LogP contribution in [0.1, 0.15) is 18.3 Å². The van der Waals surface area contributed by atoms with E-state index in [0.717, 1.165) is 0 Å². The van der Waals surface area contributed by atoms with Crippen LogP contribution in [0.3, 0.4) is 0 Å². The molecule has 2 rings (SSSR count). The van der Waals surface area contributed by atoms with Gasteiger partial charge in [-0.05, 0) is 20.9 Å². The molecule has 8 heteroatoms. The molecule has 0 amide bonds. The number of aliphatic hydroxyl groups is 1. The van der Waals surface area contributed by atoms with Crippen molar-refractivity contribution in [3.63, 3.8) is 0 Å². The van der Waals surface area contributed by atoms with Gasteiger partial charge in [-0.25, -0.2) is 8.42 Å². The number of sulfonamides is 1. The fourth-order valence-electron chi connectivity index (χ4n) is 2.28. The minimum atomic E-state index is -3.60. The van der Waals surface area contributed by atoms with Crippen LogP contribution in [0.15, 0.2) is 4.90 Å². The molecule has 1 aromatic rings. The molecule has 1 aliphatic heterocycles. The summed E-state index contributed by atoms with van der Waals surface area (Å²) in [5.41, 5.74) is 0.653. The molecule has 0 aliphatic carbocycles. The SMILES string of the molecule is Cc1[nH]nc(CO)c1S(=O)(=O)N1CCN(C)C(C)C1. The number of aromatic amines is 1. The van der Waals surface area contributed by atoms with E-state index < -0.39 is 10.0 Å². The van der Waals surface area contributed by atoms with Gasteiger partial charge in [0, 0.05) is 25.7 Å². The molecule has 0 radical (unpaired) electrons. The summed E-state index contributed by atoms with van der Waals surface area (Å²) in [4.78, 5) is 2.24. The van der Waals surface area contributed by atoms with E-state index in [1.54, 1.807) is 6.92 Å². The van der Waals surface area contributed by atoms with Crippen LogP contribution in [0.4, 0.5) is 0 Å². The molecule has 1 atom stereocenters. The van der Waals surface area contributed by atoms with E-state index in [-0.39, 0.29) is 23.2 Å². The first kappa shape index (κ1) is 14.4. The molecule has 1 unspecified atom stereocenters. The third-order valence-corrected chi connectivity index (χ3v) is 5.70. The summed E-state index contributed by atoms with van der Waals surface area (Å²) in [7, 11) is -1.61. The highest BCUT2D eigenvalue weighted by Gasteiger charge is 2.34. The summed E-state index contributed by atoms with van der Waals surface area (Å²) >= 11 is 0. The minimum Gasteiger partial charge on any atom is -0.390 e. The first-order valence-electron chi connectivity index (χ1n) is 6.23. The molecule has 1 saturated heterocycles. The molecule has 0 saturated carbocycles. The van der Waals surface area contributed by atoms with Crippen LogP contribution in [0, 0.1) is 6.92 Å². The van der Waals surface area contributed by atoms with Crippen LogP contribution >= 0.6 is 0 Å². The number of rotatable bonds is 3. The molecular weight excluding hydrogens is 268 g/mol. The zero-order valence-corrected chi connectivity index (χ0v) is 12.2. The number of nitrogens with one attached hydrogen (secondary N) is 1. The lowest BCUT2D eigenvalue weighted by Gasteiger charge is -2.36. The smallest absolute Gasteiger partial charge is 0.246 e. The average Bonchev–Trinajstić information content (AvgIpc) is 2.74. The maximum absolute atomic E-state index is 12.6. The normalized spacial score (nSPS) is 22.8. The first-order chi connectivity index (χ1) is 8.87.